The first-order chi connectivity index (χ1) is 9.79. The van der Waals surface area contributed by atoms with Gasteiger partial charge in [0.05, 0.1) is 5.69 Å². The number of likely N-dealkylation sites (tertiary alicyclic amines) is 1. The van der Waals surface area contributed by atoms with Gasteiger partial charge < -0.3 is 9.26 Å². The fraction of sp³-hybridized carbons (Fsp3) is 0.400. The van der Waals surface area contributed by atoms with Gasteiger partial charge in [0.15, 0.2) is 0 Å². The number of hydrogen-bond acceptors (Lipinski definition) is 4. The lowest BCUT2D eigenvalue weighted by atomic mass is 10.1. The van der Waals surface area contributed by atoms with Crippen LogP contribution >= 0.6 is 15.9 Å². The third kappa shape index (κ3) is 3.61. The lowest BCUT2D eigenvalue weighted by Gasteiger charge is -2.31. The molecule has 0 aliphatic carbocycles. The van der Waals surface area contributed by atoms with Crippen molar-refractivity contribution in [3.63, 3.8) is 0 Å². The Morgan fingerprint density at radius 3 is 2.85 bits per heavy atom. The molecule has 0 N–H and O–H groups in total. The van der Waals surface area contributed by atoms with Crippen LogP contribution in [0.25, 0.3) is 0 Å². The van der Waals surface area contributed by atoms with E-state index < -0.39 is 0 Å². The van der Waals surface area contributed by atoms with Crippen molar-refractivity contribution < 1.29 is 9.26 Å². The molecular weight excluding hydrogens is 320 g/mol. The summed E-state index contributed by atoms with van der Waals surface area (Å²) >= 11 is 3.47. The molecule has 1 aromatic heterocycles. The molecule has 0 atom stereocenters. The van der Waals surface area contributed by atoms with Gasteiger partial charge in [-0.05, 0) is 31.0 Å². The fourth-order valence-electron chi connectivity index (χ4n) is 2.47. The molecule has 1 saturated heterocycles. The summed E-state index contributed by atoms with van der Waals surface area (Å²) in [6.07, 6.45) is 4.02. The molecule has 0 bridgehead atoms. The van der Waals surface area contributed by atoms with E-state index in [2.05, 4.69) is 26.0 Å². The summed E-state index contributed by atoms with van der Waals surface area (Å²) in [4.78, 5) is 2.39. The Labute approximate surface area is 126 Å². The van der Waals surface area contributed by atoms with Gasteiger partial charge >= 0.3 is 0 Å². The Balaban J connectivity index is 1.48. The molecule has 0 spiro atoms. The number of aromatic nitrogens is 1. The lowest BCUT2D eigenvalue weighted by Crippen LogP contribution is -2.37. The van der Waals surface area contributed by atoms with Gasteiger partial charge in [0, 0.05) is 30.2 Å². The van der Waals surface area contributed by atoms with Crippen LogP contribution in [0, 0.1) is 0 Å². The minimum Gasteiger partial charge on any atom is -0.490 e. The first-order valence-electron chi connectivity index (χ1n) is 6.83. The van der Waals surface area contributed by atoms with Crippen LogP contribution in [-0.4, -0.2) is 29.3 Å². The van der Waals surface area contributed by atoms with Crippen molar-refractivity contribution in [3.8, 4) is 5.75 Å². The van der Waals surface area contributed by atoms with Crippen molar-refractivity contribution in [2.75, 3.05) is 13.1 Å². The molecule has 0 unspecified atom stereocenters. The predicted molar refractivity (Wildman–Crippen MR) is 79.6 cm³/mol. The van der Waals surface area contributed by atoms with Gasteiger partial charge in [-0.25, -0.2) is 0 Å². The van der Waals surface area contributed by atoms with Gasteiger partial charge in [0.2, 0.25) is 0 Å². The van der Waals surface area contributed by atoms with Crippen LogP contribution in [0.1, 0.15) is 18.5 Å². The molecule has 3 rings (SSSR count). The Hall–Kier alpha value is -1.33. The molecule has 20 heavy (non-hydrogen) atoms. The maximum absolute atomic E-state index is 6.03. The average Bonchev–Trinajstić information content (AvgIpc) is 2.94. The number of ether oxygens (including phenoxy) is 1. The van der Waals surface area contributed by atoms with Gasteiger partial charge in [-0.2, -0.15) is 0 Å². The van der Waals surface area contributed by atoms with Gasteiger partial charge in [-0.15, -0.1) is 0 Å². The summed E-state index contributed by atoms with van der Waals surface area (Å²) in [6, 6.07) is 9.95. The average molecular weight is 337 g/mol. The standard InChI is InChI=1S/C15H17BrN2O2/c16-12-2-1-3-15(10-12)20-14-4-7-18(8-5-14)11-13-6-9-19-17-13/h1-3,6,9-10,14H,4-5,7-8,11H2. The summed E-state index contributed by atoms with van der Waals surface area (Å²) < 4.78 is 11.9. The molecular formula is C15H17BrN2O2. The minimum absolute atomic E-state index is 0.304. The van der Waals surface area contributed by atoms with Gasteiger partial charge in [-0.3, -0.25) is 4.90 Å². The third-order valence-electron chi connectivity index (χ3n) is 3.51. The molecule has 2 aromatic rings. The zero-order valence-corrected chi connectivity index (χ0v) is 12.8. The molecule has 0 amide bonds. The molecule has 2 heterocycles. The Morgan fingerprint density at radius 2 is 2.15 bits per heavy atom. The molecule has 0 saturated carbocycles. The summed E-state index contributed by atoms with van der Waals surface area (Å²) in [6.45, 7) is 2.93. The van der Waals surface area contributed by atoms with Crippen LogP contribution in [0.3, 0.4) is 0 Å². The molecule has 106 valence electrons. The Bertz CT molecular complexity index is 537. The second kappa shape index (κ2) is 6.41. The largest absolute Gasteiger partial charge is 0.490 e. The van der Waals surface area contributed by atoms with Gasteiger partial charge in [0.1, 0.15) is 18.1 Å². The van der Waals surface area contributed by atoms with E-state index in [4.69, 9.17) is 9.26 Å². The third-order valence-corrected chi connectivity index (χ3v) is 4.00. The van der Waals surface area contributed by atoms with Crippen molar-refractivity contribution in [1.29, 1.82) is 0 Å². The number of benzene rings is 1. The summed E-state index contributed by atoms with van der Waals surface area (Å²) in [5.74, 6) is 0.939. The van der Waals surface area contributed by atoms with Crippen LogP contribution in [0.15, 0.2) is 45.6 Å². The predicted octanol–water partition coefficient (Wildman–Crippen LogP) is 3.48. The summed E-state index contributed by atoms with van der Waals surface area (Å²) in [5, 5.41) is 3.95. The van der Waals surface area contributed by atoms with Crippen LogP contribution in [-0.2, 0) is 6.54 Å². The van der Waals surface area contributed by atoms with Crippen molar-refractivity contribution in [2.24, 2.45) is 0 Å². The van der Waals surface area contributed by atoms with Crippen LogP contribution in [0.5, 0.6) is 5.75 Å². The van der Waals surface area contributed by atoms with Crippen molar-refractivity contribution in [2.45, 2.75) is 25.5 Å². The Morgan fingerprint density at radius 1 is 1.30 bits per heavy atom. The van der Waals surface area contributed by atoms with E-state index in [1.807, 2.05) is 30.3 Å². The molecule has 5 heteroatoms. The van der Waals surface area contributed by atoms with E-state index in [1.54, 1.807) is 6.26 Å². The van der Waals surface area contributed by atoms with E-state index in [9.17, 15) is 0 Å². The molecule has 4 nitrogen and oxygen atoms in total. The van der Waals surface area contributed by atoms with Crippen molar-refractivity contribution in [3.05, 3.63) is 46.8 Å². The SMILES string of the molecule is Brc1cccc(OC2CCN(Cc3ccon3)CC2)c1. The number of piperidine rings is 1. The Kier molecular flexibility index (Phi) is 4.38. The minimum atomic E-state index is 0.304. The lowest BCUT2D eigenvalue weighted by molar-refractivity contribution is 0.0955. The number of rotatable bonds is 4. The highest BCUT2D eigenvalue weighted by Gasteiger charge is 2.21. The maximum atomic E-state index is 6.03. The van der Waals surface area contributed by atoms with Gasteiger partial charge in [0.25, 0.3) is 0 Å². The van der Waals surface area contributed by atoms with Gasteiger partial charge in [-0.1, -0.05) is 27.2 Å². The van der Waals surface area contributed by atoms with E-state index >= 15 is 0 Å². The smallest absolute Gasteiger partial charge is 0.124 e. The normalized spacial score (nSPS) is 17.2. The molecule has 1 fully saturated rings. The second-order valence-electron chi connectivity index (χ2n) is 5.04. The van der Waals surface area contributed by atoms with E-state index in [1.165, 1.54) is 0 Å². The first-order valence-corrected chi connectivity index (χ1v) is 7.63. The molecule has 1 aliphatic heterocycles. The van der Waals surface area contributed by atoms with Crippen LogP contribution < -0.4 is 4.74 Å². The monoisotopic (exact) mass is 336 g/mol. The molecule has 1 aliphatic rings. The highest BCUT2D eigenvalue weighted by molar-refractivity contribution is 9.10. The van der Waals surface area contributed by atoms with Crippen LogP contribution in [0.2, 0.25) is 0 Å². The highest BCUT2D eigenvalue weighted by Crippen LogP contribution is 2.22. The van der Waals surface area contributed by atoms with Crippen molar-refractivity contribution >= 4 is 15.9 Å². The summed E-state index contributed by atoms with van der Waals surface area (Å²) in [7, 11) is 0. The number of hydrogen-bond donors (Lipinski definition) is 0. The van der Waals surface area contributed by atoms with E-state index in [0.29, 0.717) is 6.10 Å². The van der Waals surface area contributed by atoms with E-state index in [-0.39, 0.29) is 0 Å². The molecule has 1 aromatic carbocycles. The number of nitrogens with zero attached hydrogens (tertiary/aromatic N) is 2. The quantitative estimate of drug-likeness (QED) is 0.856. The highest BCUT2D eigenvalue weighted by atomic mass is 79.9. The topological polar surface area (TPSA) is 38.5 Å². The second-order valence-corrected chi connectivity index (χ2v) is 5.96. The van der Waals surface area contributed by atoms with Crippen LogP contribution in [0.4, 0.5) is 0 Å². The van der Waals surface area contributed by atoms with Crippen molar-refractivity contribution in [1.82, 2.24) is 10.1 Å². The van der Waals surface area contributed by atoms with E-state index in [0.717, 1.165) is 48.4 Å². The maximum Gasteiger partial charge on any atom is 0.124 e. The molecule has 0 radical (unpaired) electrons. The zero-order chi connectivity index (χ0) is 13.8. The fourth-order valence-corrected chi connectivity index (χ4v) is 2.84. The number of halogens is 1. The summed E-state index contributed by atoms with van der Waals surface area (Å²) in [5.41, 5.74) is 0.997. The zero-order valence-electron chi connectivity index (χ0n) is 11.2. The first kappa shape index (κ1) is 13.6.